The number of carbonyl (C=O) groups excluding carboxylic acids is 1. The van der Waals surface area contributed by atoms with Crippen molar-refractivity contribution < 1.29 is 9.32 Å². The van der Waals surface area contributed by atoms with Gasteiger partial charge in [-0.1, -0.05) is 19.0 Å². The first-order chi connectivity index (χ1) is 12.6. The van der Waals surface area contributed by atoms with Gasteiger partial charge in [0.05, 0.1) is 16.6 Å². The number of carbonyl (C=O) groups is 1. The lowest BCUT2D eigenvalue weighted by Crippen LogP contribution is -2.12. The van der Waals surface area contributed by atoms with Gasteiger partial charge in [0.2, 0.25) is 0 Å². The molecule has 0 radical (unpaired) electrons. The van der Waals surface area contributed by atoms with Gasteiger partial charge in [-0.25, -0.2) is 9.97 Å². The Labute approximate surface area is 153 Å². The van der Waals surface area contributed by atoms with Crippen LogP contribution in [0.15, 0.2) is 52.6 Å². The topological polar surface area (TPSA) is 80.9 Å². The second-order valence-corrected chi connectivity index (χ2v) is 7.06. The largest absolute Gasteiger partial charge is 0.336 e. The van der Waals surface area contributed by atoms with Crippen LogP contribution in [-0.2, 0) is 0 Å². The minimum atomic E-state index is -0.225. The molecule has 0 saturated heterocycles. The van der Waals surface area contributed by atoms with Crippen LogP contribution in [0.5, 0.6) is 0 Å². The van der Waals surface area contributed by atoms with Gasteiger partial charge in [-0.05, 0) is 36.2 Å². The number of nitrogens with one attached hydrogen (secondary N) is 1. The lowest BCUT2D eigenvalue weighted by molar-refractivity contribution is 0.102. The van der Waals surface area contributed by atoms with Crippen LogP contribution >= 0.6 is 11.3 Å². The molecule has 130 valence electrons. The molecule has 0 bridgehead atoms. The van der Waals surface area contributed by atoms with Gasteiger partial charge in [-0.3, -0.25) is 4.79 Å². The molecule has 6 nitrogen and oxygen atoms in total. The fraction of sp³-hybridized carbons (Fsp3) is 0.158. The van der Waals surface area contributed by atoms with Gasteiger partial charge in [0, 0.05) is 29.0 Å². The summed E-state index contributed by atoms with van der Waals surface area (Å²) in [7, 11) is 0. The number of rotatable bonds is 4. The fourth-order valence-corrected chi connectivity index (χ4v) is 3.30. The molecule has 4 aromatic rings. The summed E-state index contributed by atoms with van der Waals surface area (Å²) in [6, 6.07) is 9.37. The number of thiazole rings is 1. The Morgan fingerprint density at radius 3 is 2.69 bits per heavy atom. The van der Waals surface area contributed by atoms with E-state index in [2.05, 4.69) is 20.4 Å². The molecule has 0 aliphatic rings. The summed E-state index contributed by atoms with van der Waals surface area (Å²) in [4.78, 5) is 21.0. The Morgan fingerprint density at radius 1 is 1.19 bits per heavy atom. The van der Waals surface area contributed by atoms with E-state index < -0.39 is 0 Å². The maximum atomic E-state index is 12.6. The molecule has 0 fully saturated rings. The quantitative estimate of drug-likeness (QED) is 0.566. The van der Waals surface area contributed by atoms with Crippen molar-refractivity contribution >= 4 is 34.0 Å². The number of nitrogens with zero attached hydrogens (tertiary/aromatic N) is 3. The molecule has 0 aliphatic heterocycles. The highest BCUT2D eigenvalue weighted by molar-refractivity contribution is 7.13. The zero-order valence-electron chi connectivity index (χ0n) is 14.3. The Bertz CT molecular complexity index is 1050. The molecule has 4 rings (SSSR count). The number of hydrogen-bond donors (Lipinski definition) is 1. The van der Waals surface area contributed by atoms with Crippen molar-refractivity contribution in [2.24, 2.45) is 0 Å². The average Bonchev–Trinajstić information content (AvgIpc) is 3.31. The summed E-state index contributed by atoms with van der Waals surface area (Å²) in [5.74, 6) is -0.0351. The molecule has 3 aromatic heterocycles. The fourth-order valence-electron chi connectivity index (χ4n) is 2.66. The highest BCUT2D eigenvalue weighted by Gasteiger charge is 2.16. The molecule has 0 unspecified atom stereocenters. The Morgan fingerprint density at radius 2 is 2.00 bits per heavy atom. The summed E-state index contributed by atoms with van der Waals surface area (Å²) in [6.07, 6.45) is 3.27. The molecule has 1 N–H and O–H groups in total. The van der Waals surface area contributed by atoms with E-state index in [0.717, 1.165) is 21.7 Å². The number of amides is 1. The summed E-state index contributed by atoms with van der Waals surface area (Å²) in [5.41, 5.74) is 3.44. The highest BCUT2D eigenvalue weighted by atomic mass is 32.1. The second-order valence-electron chi connectivity index (χ2n) is 6.17. The maximum Gasteiger partial charge on any atom is 0.257 e. The van der Waals surface area contributed by atoms with E-state index in [1.54, 1.807) is 23.6 Å². The first-order valence-electron chi connectivity index (χ1n) is 8.18. The van der Waals surface area contributed by atoms with Crippen molar-refractivity contribution in [2.45, 2.75) is 19.8 Å². The second kappa shape index (κ2) is 6.68. The standard InChI is InChI=1S/C19H16N4O2S/c1-11(2)16-15-9-13(10-21-18(15)25-23-16)17(24)22-14-5-3-12(4-6-14)19-20-7-8-26-19/h3-11H,1-2H3,(H,22,24). The summed E-state index contributed by atoms with van der Waals surface area (Å²) in [5, 5.41) is 10.6. The van der Waals surface area contributed by atoms with Crippen LogP contribution in [0, 0.1) is 0 Å². The smallest absolute Gasteiger partial charge is 0.257 e. The first-order valence-corrected chi connectivity index (χ1v) is 9.06. The summed E-state index contributed by atoms with van der Waals surface area (Å²) >= 11 is 1.58. The van der Waals surface area contributed by atoms with Crippen LogP contribution in [0.1, 0.15) is 35.8 Å². The van der Waals surface area contributed by atoms with Gasteiger partial charge >= 0.3 is 0 Å². The third kappa shape index (κ3) is 3.09. The van der Waals surface area contributed by atoms with E-state index >= 15 is 0 Å². The van der Waals surface area contributed by atoms with Crippen molar-refractivity contribution in [2.75, 3.05) is 5.32 Å². The van der Waals surface area contributed by atoms with Crippen molar-refractivity contribution in [3.63, 3.8) is 0 Å². The number of benzene rings is 1. The van der Waals surface area contributed by atoms with Crippen molar-refractivity contribution in [3.05, 3.63) is 59.4 Å². The average molecular weight is 364 g/mol. The van der Waals surface area contributed by atoms with Crippen molar-refractivity contribution in [1.82, 2.24) is 15.1 Å². The van der Waals surface area contributed by atoms with Gasteiger partial charge in [0.25, 0.3) is 11.6 Å². The van der Waals surface area contributed by atoms with Gasteiger partial charge in [-0.2, -0.15) is 0 Å². The minimum absolute atomic E-state index is 0.190. The number of fused-ring (bicyclic) bond motifs is 1. The number of aromatic nitrogens is 3. The predicted octanol–water partition coefficient (Wildman–Crippen LogP) is 4.72. The lowest BCUT2D eigenvalue weighted by Gasteiger charge is -2.06. The molecule has 3 heterocycles. The van der Waals surface area contributed by atoms with Crippen molar-refractivity contribution in [1.29, 1.82) is 0 Å². The molecule has 0 saturated carbocycles. The van der Waals surface area contributed by atoms with E-state index in [9.17, 15) is 4.79 Å². The Hall–Kier alpha value is -3.06. The first kappa shape index (κ1) is 16.4. The van der Waals surface area contributed by atoms with E-state index in [1.165, 1.54) is 6.20 Å². The molecule has 1 amide bonds. The maximum absolute atomic E-state index is 12.6. The zero-order chi connectivity index (χ0) is 18.1. The molecule has 7 heteroatoms. The highest BCUT2D eigenvalue weighted by Crippen LogP contribution is 2.25. The van der Waals surface area contributed by atoms with E-state index in [0.29, 0.717) is 17.0 Å². The molecule has 26 heavy (non-hydrogen) atoms. The Kier molecular flexibility index (Phi) is 4.22. The molecule has 0 aliphatic carbocycles. The molecular formula is C19H16N4O2S. The van der Waals surface area contributed by atoms with Gasteiger partial charge in [-0.15, -0.1) is 11.3 Å². The monoisotopic (exact) mass is 364 g/mol. The van der Waals surface area contributed by atoms with E-state index in [4.69, 9.17) is 4.52 Å². The Balaban J connectivity index is 1.56. The van der Waals surface area contributed by atoms with E-state index in [-0.39, 0.29) is 11.8 Å². The molecule has 0 spiro atoms. The number of pyridine rings is 1. The minimum Gasteiger partial charge on any atom is -0.336 e. The lowest BCUT2D eigenvalue weighted by atomic mass is 10.1. The number of anilines is 1. The molecule has 0 atom stereocenters. The summed E-state index contributed by atoms with van der Waals surface area (Å²) < 4.78 is 5.21. The van der Waals surface area contributed by atoms with Crippen LogP contribution in [0.25, 0.3) is 21.7 Å². The van der Waals surface area contributed by atoms with Gasteiger partial charge < -0.3 is 9.84 Å². The van der Waals surface area contributed by atoms with Crippen LogP contribution < -0.4 is 5.32 Å². The van der Waals surface area contributed by atoms with Crippen LogP contribution in [0.2, 0.25) is 0 Å². The summed E-state index contributed by atoms with van der Waals surface area (Å²) in [6.45, 7) is 4.04. The van der Waals surface area contributed by atoms with Crippen LogP contribution in [0.4, 0.5) is 5.69 Å². The zero-order valence-corrected chi connectivity index (χ0v) is 15.1. The van der Waals surface area contributed by atoms with Crippen LogP contribution in [0.3, 0.4) is 0 Å². The third-order valence-electron chi connectivity index (χ3n) is 3.99. The van der Waals surface area contributed by atoms with Gasteiger partial charge in [0.1, 0.15) is 5.01 Å². The number of hydrogen-bond acceptors (Lipinski definition) is 6. The molecular weight excluding hydrogens is 348 g/mol. The normalized spacial score (nSPS) is 11.2. The SMILES string of the molecule is CC(C)c1noc2ncc(C(=O)Nc3ccc(-c4nccs4)cc3)cc12. The third-order valence-corrected chi connectivity index (χ3v) is 4.81. The predicted molar refractivity (Wildman–Crippen MR) is 101 cm³/mol. The van der Waals surface area contributed by atoms with Crippen LogP contribution in [-0.4, -0.2) is 21.0 Å². The van der Waals surface area contributed by atoms with E-state index in [1.807, 2.05) is 43.5 Å². The molecule has 1 aromatic carbocycles. The van der Waals surface area contributed by atoms with Crippen molar-refractivity contribution in [3.8, 4) is 10.6 Å². The van der Waals surface area contributed by atoms with Gasteiger partial charge in [0.15, 0.2) is 0 Å².